The first-order valence-electron chi connectivity index (χ1n) is 9.71. The number of pyridine rings is 1. The van der Waals surface area contributed by atoms with Crippen LogP contribution in [0.1, 0.15) is 21.8 Å². The number of nitrogens with one attached hydrogen (secondary N) is 2. The Hall–Kier alpha value is -4.26. The molecule has 0 saturated carbocycles. The third-order valence-electron chi connectivity index (χ3n) is 4.59. The number of nitrogens with zero attached hydrogens (tertiary/aromatic N) is 2. The van der Waals surface area contributed by atoms with Gasteiger partial charge >= 0.3 is 0 Å². The topological polar surface area (TPSA) is 97.1 Å². The predicted octanol–water partition coefficient (Wildman–Crippen LogP) is 4.48. The summed E-state index contributed by atoms with van der Waals surface area (Å²) in [6.45, 7) is 1.78. The van der Waals surface area contributed by atoms with Crippen LogP contribution in [0.3, 0.4) is 0 Å². The Kier molecular flexibility index (Phi) is 5.84. The van der Waals surface area contributed by atoms with Crippen molar-refractivity contribution in [2.24, 2.45) is 0 Å². The van der Waals surface area contributed by atoms with E-state index in [0.717, 1.165) is 5.56 Å². The zero-order valence-electron chi connectivity index (χ0n) is 16.8. The number of oxazole rings is 1. The van der Waals surface area contributed by atoms with Crippen LogP contribution in [-0.4, -0.2) is 21.8 Å². The maximum Gasteiger partial charge on any atom is 0.255 e. The molecule has 0 bridgehead atoms. The Bertz CT molecular complexity index is 1200. The second kappa shape index (κ2) is 9.04. The Balaban J connectivity index is 1.42. The van der Waals surface area contributed by atoms with E-state index in [1.54, 1.807) is 55.7 Å². The Morgan fingerprint density at radius 3 is 2.45 bits per heavy atom. The lowest BCUT2D eigenvalue weighted by Gasteiger charge is -2.08. The summed E-state index contributed by atoms with van der Waals surface area (Å²) in [6, 6.07) is 19.7. The number of rotatable bonds is 6. The van der Waals surface area contributed by atoms with Crippen molar-refractivity contribution >= 4 is 23.2 Å². The molecule has 2 aromatic carbocycles. The Labute approximate surface area is 179 Å². The van der Waals surface area contributed by atoms with Crippen molar-refractivity contribution in [1.29, 1.82) is 0 Å². The Morgan fingerprint density at radius 2 is 1.68 bits per heavy atom. The van der Waals surface area contributed by atoms with Gasteiger partial charge in [0.1, 0.15) is 5.76 Å². The lowest BCUT2D eigenvalue weighted by molar-refractivity contribution is -0.115. The van der Waals surface area contributed by atoms with Gasteiger partial charge in [-0.05, 0) is 49.4 Å². The molecule has 2 aromatic heterocycles. The van der Waals surface area contributed by atoms with Crippen LogP contribution in [0.15, 0.2) is 83.5 Å². The van der Waals surface area contributed by atoms with E-state index in [1.165, 1.54) is 0 Å². The third kappa shape index (κ3) is 5.02. The van der Waals surface area contributed by atoms with E-state index < -0.39 is 0 Å². The smallest absolute Gasteiger partial charge is 0.255 e. The van der Waals surface area contributed by atoms with E-state index in [0.29, 0.717) is 34.3 Å². The van der Waals surface area contributed by atoms with E-state index in [-0.39, 0.29) is 18.2 Å². The van der Waals surface area contributed by atoms with E-state index in [2.05, 4.69) is 20.6 Å². The molecule has 0 aliphatic rings. The summed E-state index contributed by atoms with van der Waals surface area (Å²) in [5.74, 6) is 0.556. The van der Waals surface area contributed by atoms with Gasteiger partial charge in [-0.3, -0.25) is 14.6 Å². The van der Waals surface area contributed by atoms with Crippen LogP contribution in [0.2, 0.25) is 0 Å². The molecule has 0 saturated heterocycles. The first kappa shape index (κ1) is 20.0. The molecule has 2 amide bonds. The molecule has 0 atom stereocenters. The van der Waals surface area contributed by atoms with Gasteiger partial charge in [0, 0.05) is 34.9 Å². The number of carbonyl (C=O) groups is 2. The highest BCUT2D eigenvalue weighted by molar-refractivity contribution is 6.05. The molecule has 0 aliphatic carbocycles. The second-order valence-electron chi connectivity index (χ2n) is 6.88. The maximum atomic E-state index is 12.6. The molecule has 154 valence electrons. The second-order valence-corrected chi connectivity index (χ2v) is 6.88. The molecule has 4 aromatic rings. The lowest BCUT2D eigenvalue weighted by atomic mass is 10.1. The SMILES string of the molecule is Cc1oc(-c2ccccc2)nc1CC(=O)Nc1cccc(C(=O)Nc2ccncc2)c1. The van der Waals surface area contributed by atoms with Crippen LogP contribution in [0.25, 0.3) is 11.5 Å². The van der Waals surface area contributed by atoms with Gasteiger partial charge in [0.2, 0.25) is 11.8 Å². The highest BCUT2D eigenvalue weighted by atomic mass is 16.4. The zero-order valence-corrected chi connectivity index (χ0v) is 16.8. The van der Waals surface area contributed by atoms with Gasteiger partial charge in [-0.25, -0.2) is 4.98 Å². The van der Waals surface area contributed by atoms with Crippen molar-refractivity contribution in [2.45, 2.75) is 13.3 Å². The van der Waals surface area contributed by atoms with E-state index in [1.807, 2.05) is 30.3 Å². The van der Waals surface area contributed by atoms with E-state index >= 15 is 0 Å². The normalized spacial score (nSPS) is 10.5. The molecule has 0 unspecified atom stereocenters. The molecule has 4 rings (SSSR count). The van der Waals surface area contributed by atoms with Crippen LogP contribution in [-0.2, 0) is 11.2 Å². The summed E-state index contributed by atoms with van der Waals surface area (Å²) in [5, 5.41) is 5.61. The van der Waals surface area contributed by atoms with Gasteiger partial charge in [-0.1, -0.05) is 24.3 Å². The number of benzene rings is 2. The average Bonchev–Trinajstić information content (AvgIpc) is 3.15. The number of hydrogen-bond acceptors (Lipinski definition) is 5. The zero-order chi connectivity index (χ0) is 21.6. The van der Waals surface area contributed by atoms with Crippen molar-refractivity contribution < 1.29 is 14.0 Å². The monoisotopic (exact) mass is 412 g/mol. The molecular weight excluding hydrogens is 392 g/mol. The number of aryl methyl sites for hydroxylation is 1. The largest absolute Gasteiger partial charge is 0.441 e. The first-order valence-corrected chi connectivity index (χ1v) is 9.71. The fourth-order valence-electron chi connectivity index (χ4n) is 3.03. The maximum absolute atomic E-state index is 12.6. The van der Waals surface area contributed by atoms with Gasteiger partial charge in [0.25, 0.3) is 5.91 Å². The van der Waals surface area contributed by atoms with Crippen LogP contribution >= 0.6 is 0 Å². The highest BCUT2D eigenvalue weighted by Gasteiger charge is 2.15. The van der Waals surface area contributed by atoms with E-state index in [4.69, 9.17) is 4.42 Å². The molecule has 7 nitrogen and oxygen atoms in total. The standard InChI is InChI=1S/C24H20N4O3/c1-16-21(28-24(31-16)17-6-3-2-4-7-17)15-22(29)26-20-9-5-8-18(14-20)23(30)27-19-10-12-25-13-11-19/h2-14H,15H2,1H3,(H,26,29)(H,25,27,30). The van der Waals surface area contributed by atoms with Crippen molar-refractivity contribution in [1.82, 2.24) is 9.97 Å². The first-order chi connectivity index (χ1) is 15.1. The fourth-order valence-corrected chi connectivity index (χ4v) is 3.03. The predicted molar refractivity (Wildman–Crippen MR) is 118 cm³/mol. The van der Waals surface area contributed by atoms with Crippen molar-refractivity contribution in [2.75, 3.05) is 10.6 Å². The summed E-state index contributed by atoms with van der Waals surface area (Å²) in [5.41, 5.74) is 3.02. The van der Waals surface area contributed by atoms with Crippen LogP contribution < -0.4 is 10.6 Å². The molecule has 7 heteroatoms. The van der Waals surface area contributed by atoms with Gasteiger partial charge in [0.15, 0.2) is 0 Å². The number of aromatic nitrogens is 2. The van der Waals surface area contributed by atoms with Gasteiger partial charge in [-0.2, -0.15) is 0 Å². The summed E-state index contributed by atoms with van der Waals surface area (Å²) in [7, 11) is 0. The molecule has 0 radical (unpaired) electrons. The highest BCUT2D eigenvalue weighted by Crippen LogP contribution is 2.22. The van der Waals surface area contributed by atoms with Gasteiger partial charge < -0.3 is 15.1 Å². The molecular formula is C24H20N4O3. The molecule has 0 spiro atoms. The minimum atomic E-state index is -0.276. The lowest BCUT2D eigenvalue weighted by Crippen LogP contribution is -2.16. The third-order valence-corrected chi connectivity index (χ3v) is 4.59. The quantitative estimate of drug-likeness (QED) is 0.487. The van der Waals surface area contributed by atoms with Crippen LogP contribution in [0, 0.1) is 6.92 Å². The van der Waals surface area contributed by atoms with Crippen molar-refractivity contribution in [3.05, 3.63) is 96.1 Å². The van der Waals surface area contributed by atoms with Crippen LogP contribution in [0.5, 0.6) is 0 Å². The number of hydrogen-bond donors (Lipinski definition) is 2. The van der Waals surface area contributed by atoms with E-state index in [9.17, 15) is 9.59 Å². The van der Waals surface area contributed by atoms with Gasteiger partial charge in [-0.15, -0.1) is 0 Å². The summed E-state index contributed by atoms with van der Waals surface area (Å²) in [6.07, 6.45) is 3.26. The molecule has 2 heterocycles. The summed E-state index contributed by atoms with van der Waals surface area (Å²) in [4.78, 5) is 33.4. The summed E-state index contributed by atoms with van der Waals surface area (Å²) >= 11 is 0. The van der Waals surface area contributed by atoms with Crippen molar-refractivity contribution in [3.8, 4) is 11.5 Å². The van der Waals surface area contributed by atoms with Crippen molar-refractivity contribution in [3.63, 3.8) is 0 Å². The number of carbonyl (C=O) groups excluding carboxylic acids is 2. The molecule has 0 fully saturated rings. The fraction of sp³-hybridized carbons (Fsp3) is 0.0833. The van der Waals surface area contributed by atoms with Gasteiger partial charge in [0.05, 0.1) is 12.1 Å². The molecule has 2 N–H and O–H groups in total. The molecule has 31 heavy (non-hydrogen) atoms. The average molecular weight is 412 g/mol. The van der Waals surface area contributed by atoms with Crippen LogP contribution in [0.4, 0.5) is 11.4 Å². The minimum Gasteiger partial charge on any atom is -0.441 e. The number of anilines is 2. The molecule has 0 aliphatic heterocycles. The number of amides is 2. The Morgan fingerprint density at radius 1 is 0.903 bits per heavy atom. The minimum absolute atomic E-state index is 0.0651. The summed E-state index contributed by atoms with van der Waals surface area (Å²) < 4.78 is 5.71.